The summed E-state index contributed by atoms with van der Waals surface area (Å²) < 4.78 is 6.57. The lowest BCUT2D eigenvalue weighted by Crippen LogP contribution is -2.55. The van der Waals surface area contributed by atoms with Crippen LogP contribution in [0.1, 0.15) is 45.1 Å². The molecule has 2 aliphatic rings. The van der Waals surface area contributed by atoms with E-state index in [1.807, 2.05) is 86.6 Å². The van der Waals surface area contributed by atoms with E-state index < -0.39 is 23.3 Å². The monoisotopic (exact) mass is 513 g/mol. The van der Waals surface area contributed by atoms with Crippen molar-refractivity contribution in [3.63, 3.8) is 0 Å². The maximum Gasteiger partial charge on any atom is 0.300 e. The third-order valence-electron chi connectivity index (χ3n) is 7.58. The standard InChI is InChI=1S/C34H27NO4/c1-22-13-17-25(18-14-22)31-29-30(36)33(38)35(27-11-7-4-8-12-27)34(29,32(37)26-19-15-23(2)16-20-26)21-28(39-31)24-9-5-3-6-10-24/h3-20,28H,21H2,1-2H3. The van der Waals surface area contributed by atoms with Gasteiger partial charge in [-0.1, -0.05) is 108 Å². The van der Waals surface area contributed by atoms with E-state index in [4.69, 9.17) is 4.74 Å². The lowest BCUT2D eigenvalue weighted by Gasteiger charge is -2.43. The molecule has 192 valence electrons. The van der Waals surface area contributed by atoms with Crippen molar-refractivity contribution in [1.29, 1.82) is 0 Å². The van der Waals surface area contributed by atoms with Gasteiger partial charge in [-0.15, -0.1) is 0 Å². The van der Waals surface area contributed by atoms with Gasteiger partial charge in [0.25, 0.3) is 11.7 Å². The highest BCUT2D eigenvalue weighted by Crippen LogP contribution is 2.52. The highest BCUT2D eigenvalue weighted by Gasteiger charge is 2.64. The highest BCUT2D eigenvalue weighted by atomic mass is 16.5. The number of fused-ring (bicyclic) bond motifs is 1. The van der Waals surface area contributed by atoms with Crippen LogP contribution < -0.4 is 4.90 Å². The van der Waals surface area contributed by atoms with Crippen molar-refractivity contribution in [1.82, 2.24) is 0 Å². The van der Waals surface area contributed by atoms with Crippen LogP contribution in [0.4, 0.5) is 5.69 Å². The predicted molar refractivity (Wildman–Crippen MR) is 150 cm³/mol. The van der Waals surface area contributed by atoms with E-state index >= 15 is 0 Å². The van der Waals surface area contributed by atoms with Crippen LogP contribution in [-0.2, 0) is 14.3 Å². The van der Waals surface area contributed by atoms with Gasteiger partial charge in [0.1, 0.15) is 17.4 Å². The van der Waals surface area contributed by atoms with Gasteiger partial charge in [-0.2, -0.15) is 0 Å². The molecule has 5 nitrogen and oxygen atoms in total. The summed E-state index contributed by atoms with van der Waals surface area (Å²) in [6.45, 7) is 3.93. The largest absolute Gasteiger partial charge is 0.484 e. The van der Waals surface area contributed by atoms with Crippen LogP contribution in [0.25, 0.3) is 5.76 Å². The predicted octanol–water partition coefficient (Wildman–Crippen LogP) is 6.41. The Balaban J connectivity index is 1.68. The number of para-hydroxylation sites is 1. The lowest BCUT2D eigenvalue weighted by molar-refractivity contribution is -0.132. The van der Waals surface area contributed by atoms with Crippen molar-refractivity contribution in [3.8, 4) is 0 Å². The van der Waals surface area contributed by atoms with Crippen LogP contribution in [-0.4, -0.2) is 23.0 Å². The quantitative estimate of drug-likeness (QED) is 0.228. The van der Waals surface area contributed by atoms with Crippen molar-refractivity contribution in [2.75, 3.05) is 4.90 Å². The molecule has 0 radical (unpaired) electrons. The number of anilines is 1. The van der Waals surface area contributed by atoms with E-state index in [2.05, 4.69) is 0 Å². The normalized spacial score (nSPS) is 20.6. The third-order valence-corrected chi connectivity index (χ3v) is 7.58. The Morgan fingerprint density at radius 1 is 0.769 bits per heavy atom. The minimum absolute atomic E-state index is 0.0953. The number of hydrogen-bond donors (Lipinski definition) is 0. The van der Waals surface area contributed by atoms with Gasteiger partial charge in [0, 0.05) is 23.2 Å². The number of aryl methyl sites for hydroxylation is 2. The molecule has 2 atom stereocenters. The van der Waals surface area contributed by atoms with Crippen LogP contribution in [0.3, 0.4) is 0 Å². The number of amides is 1. The second kappa shape index (κ2) is 9.52. The van der Waals surface area contributed by atoms with Crippen molar-refractivity contribution < 1.29 is 19.1 Å². The maximum absolute atomic E-state index is 14.8. The molecule has 0 bridgehead atoms. The van der Waals surface area contributed by atoms with Gasteiger partial charge >= 0.3 is 0 Å². The van der Waals surface area contributed by atoms with Gasteiger partial charge < -0.3 is 4.74 Å². The molecule has 0 N–H and O–H groups in total. The Hall–Kier alpha value is -4.77. The van der Waals surface area contributed by atoms with Gasteiger partial charge in [-0.25, -0.2) is 0 Å². The zero-order chi connectivity index (χ0) is 27.1. The summed E-state index contributed by atoms with van der Waals surface area (Å²) in [5.41, 5.74) is 2.98. The molecule has 2 aliphatic heterocycles. The van der Waals surface area contributed by atoms with Crippen molar-refractivity contribution in [3.05, 3.63) is 143 Å². The van der Waals surface area contributed by atoms with Gasteiger partial charge in [0.15, 0.2) is 5.78 Å². The topological polar surface area (TPSA) is 63.7 Å². The van der Waals surface area contributed by atoms with Gasteiger partial charge in [0.2, 0.25) is 0 Å². The van der Waals surface area contributed by atoms with Gasteiger partial charge in [-0.3, -0.25) is 19.3 Å². The fourth-order valence-electron chi connectivity index (χ4n) is 5.61. The smallest absolute Gasteiger partial charge is 0.300 e. The zero-order valence-corrected chi connectivity index (χ0v) is 21.8. The molecule has 0 aromatic heterocycles. The fraction of sp³-hybridized carbons (Fsp3) is 0.147. The van der Waals surface area contributed by atoms with Gasteiger partial charge in [-0.05, 0) is 31.5 Å². The number of ether oxygens (including phenoxy) is 1. The zero-order valence-electron chi connectivity index (χ0n) is 21.8. The summed E-state index contributed by atoms with van der Waals surface area (Å²) in [6, 6.07) is 33.5. The average molecular weight is 514 g/mol. The van der Waals surface area contributed by atoms with E-state index in [-0.39, 0.29) is 23.5 Å². The second-order valence-electron chi connectivity index (χ2n) is 10.2. The molecular weight excluding hydrogens is 486 g/mol. The van der Waals surface area contributed by atoms with E-state index in [9.17, 15) is 14.4 Å². The molecule has 6 rings (SSSR count). The molecule has 2 heterocycles. The minimum atomic E-state index is -1.59. The number of carbonyl (C=O) groups is 3. The summed E-state index contributed by atoms with van der Waals surface area (Å²) in [6.07, 6.45) is -0.480. The van der Waals surface area contributed by atoms with Crippen LogP contribution in [0.5, 0.6) is 0 Å². The second-order valence-corrected chi connectivity index (χ2v) is 10.2. The molecule has 0 aliphatic carbocycles. The van der Waals surface area contributed by atoms with Crippen LogP contribution in [0, 0.1) is 13.8 Å². The summed E-state index contributed by atoms with van der Waals surface area (Å²) >= 11 is 0. The highest BCUT2D eigenvalue weighted by molar-refractivity contribution is 6.55. The first-order valence-corrected chi connectivity index (χ1v) is 13.0. The van der Waals surface area contributed by atoms with Crippen molar-refractivity contribution >= 4 is 28.9 Å². The molecule has 4 aromatic carbocycles. The maximum atomic E-state index is 14.8. The summed E-state index contributed by atoms with van der Waals surface area (Å²) in [7, 11) is 0. The van der Waals surface area contributed by atoms with E-state index in [1.165, 1.54) is 4.90 Å². The molecule has 0 saturated carbocycles. The lowest BCUT2D eigenvalue weighted by atomic mass is 9.74. The molecule has 1 saturated heterocycles. The van der Waals surface area contributed by atoms with Crippen LogP contribution in [0.2, 0.25) is 0 Å². The summed E-state index contributed by atoms with van der Waals surface area (Å²) in [5.74, 6) is -1.50. The molecule has 5 heteroatoms. The fourth-order valence-corrected chi connectivity index (χ4v) is 5.61. The number of nitrogens with zero attached hydrogens (tertiary/aromatic N) is 1. The Labute approximate surface area is 227 Å². The van der Waals surface area contributed by atoms with E-state index in [0.717, 1.165) is 16.7 Å². The third kappa shape index (κ3) is 3.98. The first kappa shape index (κ1) is 24.6. The molecule has 2 unspecified atom stereocenters. The number of Topliss-reactive ketones (excluding diaryl/α,β-unsaturated/α-hetero) is 2. The molecule has 4 aromatic rings. The molecule has 1 fully saturated rings. The first-order chi connectivity index (χ1) is 18.9. The van der Waals surface area contributed by atoms with Crippen molar-refractivity contribution in [2.24, 2.45) is 0 Å². The number of carbonyl (C=O) groups excluding carboxylic acids is 3. The Bertz CT molecular complexity index is 1610. The average Bonchev–Trinajstić information content (AvgIpc) is 3.21. The van der Waals surface area contributed by atoms with Crippen LogP contribution in [0.15, 0.2) is 115 Å². The summed E-state index contributed by atoms with van der Waals surface area (Å²) in [4.78, 5) is 44.0. The minimum Gasteiger partial charge on any atom is -0.484 e. The molecule has 1 amide bonds. The van der Waals surface area contributed by atoms with E-state index in [1.54, 1.807) is 36.4 Å². The number of rotatable bonds is 5. The Kier molecular flexibility index (Phi) is 5.99. The number of benzene rings is 4. The molecule has 39 heavy (non-hydrogen) atoms. The molecular formula is C34H27NO4. The summed E-state index contributed by atoms with van der Waals surface area (Å²) in [5, 5.41) is 0. The Morgan fingerprint density at radius 3 is 1.95 bits per heavy atom. The number of ketones is 2. The first-order valence-electron chi connectivity index (χ1n) is 13.0. The Morgan fingerprint density at radius 2 is 1.33 bits per heavy atom. The number of hydrogen-bond acceptors (Lipinski definition) is 4. The van der Waals surface area contributed by atoms with E-state index in [0.29, 0.717) is 16.8 Å². The van der Waals surface area contributed by atoms with Crippen molar-refractivity contribution in [2.45, 2.75) is 31.9 Å². The SMILES string of the molecule is Cc1ccc(C(=O)C23CC(c4ccccc4)OC(c4ccc(C)cc4)=C2C(=O)C(=O)N3c2ccccc2)cc1. The van der Waals surface area contributed by atoms with Crippen LogP contribution >= 0.6 is 0 Å². The van der Waals surface area contributed by atoms with Gasteiger partial charge in [0.05, 0.1) is 5.57 Å². The molecule has 0 spiro atoms.